The molecule has 0 radical (unpaired) electrons. The van der Waals surface area contributed by atoms with Gasteiger partial charge in [0, 0.05) is 16.9 Å². The Morgan fingerprint density at radius 3 is 2.94 bits per heavy atom. The number of fused-ring (bicyclic) bond motifs is 1. The number of nitrogens with one attached hydrogen (secondary N) is 1. The summed E-state index contributed by atoms with van der Waals surface area (Å²) in [4.78, 5) is 0. The summed E-state index contributed by atoms with van der Waals surface area (Å²) in [6.45, 7) is 5.45. The topological polar surface area (TPSA) is 12.0 Å². The molecule has 2 rings (SSSR count). The maximum atomic E-state index is 13.5. The lowest BCUT2D eigenvalue weighted by Gasteiger charge is -2.19. The van der Waals surface area contributed by atoms with E-state index in [1.807, 2.05) is 0 Å². The van der Waals surface area contributed by atoms with Gasteiger partial charge >= 0.3 is 0 Å². The molecule has 1 N–H and O–H groups in total. The summed E-state index contributed by atoms with van der Waals surface area (Å²) < 4.78 is 14.4. The molecule has 1 aliphatic heterocycles. The first-order valence-electron chi connectivity index (χ1n) is 6.86. The van der Waals surface area contributed by atoms with E-state index in [0.29, 0.717) is 11.8 Å². The van der Waals surface area contributed by atoms with Gasteiger partial charge in [-0.15, -0.1) is 0 Å². The van der Waals surface area contributed by atoms with Crippen LogP contribution in [0.3, 0.4) is 0 Å². The Kier molecular flexibility index (Phi) is 4.66. The van der Waals surface area contributed by atoms with Gasteiger partial charge in [-0.25, -0.2) is 4.39 Å². The van der Waals surface area contributed by atoms with Gasteiger partial charge in [0.15, 0.2) is 0 Å². The fraction of sp³-hybridized carbons (Fsp3) is 0.600. The predicted molar refractivity (Wildman–Crippen MR) is 78.6 cm³/mol. The zero-order valence-electron chi connectivity index (χ0n) is 11.1. The van der Waals surface area contributed by atoms with Gasteiger partial charge in [-0.3, -0.25) is 0 Å². The molecular formula is C15H21BrFN. The van der Waals surface area contributed by atoms with Crippen LogP contribution in [0, 0.1) is 11.7 Å². The molecule has 1 aromatic carbocycles. The Labute approximate surface area is 117 Å². The lowest BCUT2D eigenvalue weighted by molar-refractivity contribution is 0.429. The normalized spacial score (nSPS) is 19.4. The van der Waals surface area contributed by atoms with Crippen molar-refractivity contribution in [1.82, 2.24) is 0 Å². The van der Waals surface area contributed by atoms with Crippen LogP contribution in [0.15, 0.2) is 16.6 Å². The van der Waals surface area contributed by atoms with Crippen molar-refractivity contribution in [2.75, 3.05) is 11.9 Å². The molecule has 18 heavy (non-hydrogen) atoms. The highest BCUT2D eigenvalue weighted by molar-refractivity contribution is 9.10. The van der Waals surface area contributed by atoms with Crippen LogP contribution in [0.25, 0.3) is 0 Å². The molecule has 100 valence electrons. The SMILES string of the molecule is CCCCCC(C)C1CNc2c(Br)cc(F)cc21. The summed E-state index contributed by atoms with van der Waals surface area (Å²) in [5.74, 6) is 0.915. The van der Waals surface area contributed by atoms with Gasteiger partial charge in [0.25, 0.3) is 0 Å². The highest BCUT2D eigenvalue weighted by Gasteiger charge is 2.28. The van der Waals surface area contributed by atoms with Gasteiger partial charge in [-0.05, 0) is 39.5 Å². The number of hydrogen-bond donors (Lipinski definition) is 1. The highest BCUT2D eigenvalue weighted by atomic mass is 79.9. The van der Waals surface area contributed by atoms with Crippen LogP contribution >= 0.6 is 15.9 Å². The first-order chi connectivity index (χ1) is 8.63. The second kappa shape index (κ2) is 6.05. The van der Waals surface area contributed by atoms with Gasteiger partial charge in [-0.1, -0.05) is 39.5 Å². The average Bonchev–Trinajstić information content (AvgIpc) is 2.73. The van der Waals surface area contributed by atoms with E-state index in [2.05, 4.69) is 35.1 Å². The summed E-state index contributed by atoms with van der Waals surface area (Å²) in [5.41, 5.74) is 2.23. The molecule has 1 nitrogen and oxygen atoms in total. The maximum Gasteiger partial charge on any atom is 0.124 e. The Morgan fingerprint density at radius 1 is 1.44 bits per heavy atom. The zero-order valence-corrected chi connectivity index (χ0v) is 12.7. The van der Waals surface area contributed by atoms with Crippen molar-refractivity contribution in [2.45, 2.75) is 45.4 Å². The molecule has 0 saturated heterocycles. The van der Waals surface area contributed by atoms with Crippen LogP contribution in [0.2, 0.25) is 0 Å². The summed E-state index contributed by atoms with van der Waals surface area (Å²) in [6.07, 6.45) is 5.06. The minimum absolute atomic E-state index is 0.143. The Hall–Kier alpha value is -0.570. The molecule has 0 fully saturated rings. The van der Waals surface area contributed by atoms with E-state index in [4.69, 9.17) is 0 Å². The second-order valence-corrected chi connectivity index (χ2v) is 6.17. The van der Waals surface area contributed by atoms with Crippen molar-refractivity contribution in [3.05, 3.63) is 28.0 Å². The largest absolute Gasteiger partial charge is 0.383 e. The van der Waals surface area contributed by atoms with Crippen molar-refractivity contribution < 1.29 is 4.39 Å². The summed E-state index contributed by atoms with van der Waals surface area (Å²) in [6, 6.07) is 3.23. The molecule has 2 atom stereocenters. The van der Waals surface area contributed by atoms with E-state index in [1.54, 1.807) is 6.07 Å². The van der Waals surface area contributed by atoms with Gasteiger partial charge in [0.1, 0.15) is 5.82 Å². The molecule has 3 heteroatoms. The van der Waals surface area contributed by atoms with Gasteiger partial charge in [0.05, 0.1) is 5.69 Å². The molecule has 0 aromatic heterocycles. The molecular weight excluding hydrogens is 293 g/mol. The molecule has 1 aromatic rings. The van der Waals surface area contributed by atoms with Crippen LogP contribution < -0.4 is 5.32 Å². The van der Waals surface area contributed by atoms with Crippen molar-refractivity contribution >= 4 is 21.6 Å². The number of anilines is 1. The van der Waals surface area contributed by atoms with Crippen LogP contribution in [-0.2, 0) is 0 Å². The van der Waals surface area contributed by atoms with Crippen molar-refractivity contribution in [3.63, 3.8) is 0 Å². The molecule has 1 aliphatic rings. The first-order valence-corrected chi connectivity index (χ1v) is 7.65. The van der Waals surface area contributed by atoms with Crippen LogP contribution in [-0.4, -0.2) is 6.54 Å². The standard InChI is InChI=1S/C15H21BrFN/c1-3-4-5-6-10(2)13-9-18-15-12(13)7-11(17)8-14(15)16/h7-8,10,13,18H,3-6,9H2,1-2H3. The minimum Gasteiger partial charge on any atom is -0.383 e. The average molecular weight is 314 g/mol. The first kappa shape index (κ1) is 13.9. The number of rotatable bonds is 5. The van der Waals surface area contributed by atoms with Crippen LogP contribution in [0.5, 0.6) is 0 Å². The molecule has 0 bridgehead atoms. The zero-order chi connectivity index (χ0) is 13.1. The molecule has 2 unspecified atom stereocenters. The monoisotopic (exact) mass is 313 g/mol. The van der Waals surface area contributed by atoms with Crippen molar-refractivity contribution in [3.8, 4) is 0 Å². The lowest BCUT2D eigenvalue weighted by atomic mass is 9.85. The second-order valence-electron chi connectivity index (χ2n) is 5.31. The third-order valence-corrected chi connectivity index (χ3v) is 4.56. The highest BCUT2D eigenvalue weighted by Crippen LogP contribution is 2.42. The van der Waals surface area contributed by atoms with E-state index in [1.165, 1.54) is 31.7 Å². The van der Waals surface area contributed by atoms with Gasteiger partial charge < -0.3 is 5.32 Å². The molecule has 0 saturated carbocycles. The molecule has 0 aliphatic carbocycles. The van der Waals surface area contributed by atoms with Crippen LogP contribution in [0.1, 0.15) is 51.0 Å². The summed E-state index contributed by atoms with van der Waals surface area (Å²) >= 11 is 3.44. The summed E-state index contributed by atoms with van der Waals surface area (Å²) in [7, 11) is 0. The Morgan fingerprint density at radius 2 is 2.22 bits per heavy atom. The van der Waals surface area contributed by atoms with E-state index in [0.717, 1.165) is 22.3 Å². The lowest BCUT2D eigenvalue weighted by Crippen LogP contribution is -2.12. The third kappa shape index (κ3) is 2.87. The predicted octanol–water partition coefficient (Wildman–Crippen LogP) is 5.31. The van der Waals surface area contributed by atoms with Crippen molar-refractivity contribution in [2.24, 2.45) is 5.92 Å². The molecule has 1 heterocycles. The number of hydrogen-bond acceptors (Lipinski definition) is 1. The fourth-order valence-corrected chi connectivity index (χ4v) is 3.41. The van der Waals surface area contributed by atoms with E-state index < -0.39 is 0 Å². The van der Waals surface area contributed by atoms with Crippen LogP contribution in [0.4, 0.5) is 10.1 Å². The van der Waals surface area contributed by atoms with Gasteiger partial charge in [0.2, 0.25) is 0 Å². The number of benzene rings is 1. The quantitative estimate of drug-likeness (QED) is 0.726. The minimum atomic E-state index is -0.143. The molecule has 0 spiro atoms. The van der Waals surface area contributed by atoms with E-state index in [-0.39, 0.29) is 5.82 Å². The van der Waals surface area contributed by atoms with E-state index in [9.17, 15) is 4.39 Å². The number of unbranched alkanes of at least 4 members (excludes halogenated alkanes) is 2. The van der Waals surface area contributed by atoms with E-state index >= 15 is 0 Å². The Balaban J connectivity index is 2.10. The smallest absolute Gasteiger partial charge is 0.124 e. The maximum absolute atomic E-state index is 13.5. The Bertz CT molecular complexity index is 419. The number of halogens is 2. The molecule has 0 amide bonds. The third-order valence-electron chi connectivity index (χ3n) is 3.93. The fourth-order valence-electron chi connectivity index (χ4n) is 2.82. The van der Waals surface area contributed by atoms with Crippen molar-refractivity contribution in [1.29, 1.82) is 0 Å². The van der Waals surface area contributed by atoms with Gasteiger partial charge in [-0.2, -0.15) is 0 Å². The summed E-state index contributed by atoms with van der Waals surface area (Å²) in [5, 5.41) is 3.40.